The molecule has 2 aromatic carbocycles. The second kappa shape index (κ2) is 26.7. The van der Waals surface area contributed by atoms with E-state index in [4.69, 9.17) is 32.9 Å². The van der Waals surface area contributed by atoms with Crippen LogP contribution < -0.4 is 30.2 Å². The quantitative estimate of drug-likeness (QED) is 0.0207. The topological polar surface area (TPSA) is 227 Å². The molecule has 0 bridgehead atoms. The average Bonchev–Trinajstić information content (AvgIpc) is 3.79. The molecule has 63 heavy (non-hydrogen) atoms. The number of carbonyl (C=O) groups is 7. The van der Waals surface area contributed by atoms with Gasteiger partial charge in [0, 0.05) is 11.6 Å². The monoisotopic (exact) mass is 877 g/mol. The van der Waals surface area contributed by atoms with Crippen LogP contribution in [-0.4, -0.2) is 101 Å². The summed E-state index contributed by atoms with van der Waals surface area (Å²) in [7, 11) is 3.98. The summed E-state index contributed by atoms with van der Waals surface area (Å²) in [4.78, 5) is 96.4. The molecule has 1 aromatic heterocycles. The fourth-order valence-corrected chi connectivity index (χ4v) is 6.40. The number of amides is 4. The Balaban J connectivity index is 1.71. The molecule has 341 valence electrons. The van der Waals surface area contributed by atoms with Crippen LogP contribution in [0.4, 0.5) is 0 Å². The highest BCUT2D eigenvalue weighted by Gasteiger charge is 2.34. The maximum Gasteiger partial charge on any atom is 0.370 e. The zero-order valence-electron chi connectivity index (χ0n) is 36.9. The fraction of sp³-hybridized carbons (Fsp3) is 0.477. The molecule has 1 heterocycles. The summed E-state index contributed by atoms with van der Waals surface area (Å²) < 4.78 is 32.2. The van der Waals surface area contributed by atoms with Crippen molar-refractivity contribution in [2.45, 2.75) is 98.0 Å². The van der Waals surface area contributed by atoms with Crippen molar-refractivity contribution < 1.29 is 66.4 Å². The van der Waals surface area contributed by atoms with E-state index in [-0.39, 0.29) is 60.4 Å². The van der Waals surface area contributed by atoms with Gasteiger partial charge >= 0.3 is 25.4 Å². The molecule has 0 aliphatic rings. The van der Waals surface area contributed by atoms with Gasteiger partial charge in [0.25, 0.3) is 11.8 Å². The maximum atomic E-state index is 13.7. The Bertz CT molecular complexity index is 2010. The number of nitrogens with zero attached hydrogens (tertiary/aromatic N) is 1. The third kappa shape index (κ3) is 15.1. The smallest absolute Gasteiger partial charge is 0.370 e. The first-order chi connectivity index (χ1) is 30.4. The molecule has 3 N–H and O–H groups in total. The number of hydroxylamine groups is 2. The third-order valence-corrected chi connectivity index (χ3v) is 9.69. The van der Waals surface area contributed by atoms with E-state index in [0.717, 1.165) is 31.8 Å². The molecule has 18 nitrogen and oxygen atoms in total. The summed E-state index contributed by atoms with van der Waals surface area (Å²) in [6, 6.07) is 9.83. The highest BCUT2D eigenvalue weighted by molar-refractivity contribution is 6.28. The normalized spacial score (nSPS) is 12.0. The number of nitrogens with one attached hydrogen (secondary N) is 3. The van der Waals surface area contributed by atoms with Crippen molar-refractivity contribution >= 4 is 49.5 Å². The van der Waals surface area contributed by atoms with Crippen molar-refractivity contribution in [1.82, 2.24) is 21.0 Å². The van der Waals surface area contributed by atoms with Crippen LogP contribution in [0.2, 0.25) is 6.82 Å². The Kier molecular flexibility index (Phi) is 21.6. The van der Waals surface area contributed by atoms with E-state index in [1.807, 2.05) is 13.8 Å². The summed E-state index contributed by atoms with van der Waals surface area (Å²) in [5.74, 6) is -4.11. The highest BCUT2D eigenvalue weighted by atomic mass is 16.7. The van der Waals surface area contributed by atoms with E-state index in [2.05, 4.69) is 16.0 Å². The number of rotatable bonds is 28. The summed E-state index contributed by atoms with van der Waals surface area (Å²) in [6.45, 7) is 8.98. The van der Waals surface area contributed by atoms with E-state index < -0.39 is 60.1 Å². The number of benzene rings is 2. The van der Waals surface area contributed by atoms with Crippen LogP contribution in [0.25, 0.3) is 11.3 Å². The minimum atomic E-state index is -1.33. The summed E-state index contributed by atoms with van der Waals surface area (Å²) in [5, 5.41) is 8.69. The zero-order valence-corrected chi connectivity index (χ0v) is 36.9. The van der Waals surface area contributed by atoms with Crippen LogP contribution in [0.15, 0.2) is 52.9 Å². The predicted octanol–water partition coefficient (Wildman–Crippen LogP) is 5.41. The number of ether oxygens (including phenoxy) is 4. The van der Waals surface area contributed by atoms with Crippen molar-refractivity contribution in [3.8, 4) is 28.6 Å². The van der Waals surface area contributed by atoms with Gasteiger partial charge < -0.3 is 48.8 Å². The van der Waals surface area contributed by atoms with E-state index >= 15 is 0 Å². The lowest BCUT2D eigenvalue weighted by atomic mass is 9.90. The largest absolute Gasteiger partial charge is 0.538 e. The molecule has 3 atom stereocenters. The molecular formula is C44H58BN4O14. The molecule has 0 saturated heterocycles. The summed E-state index contributed by atoms with van der Waals surface area (Å²) >= 11 is 0. The van der Waals surface area contributed by atoms with Gasteiger partial charge in [0.2, 0.25) is 12.3 Å². The zero-order chi connectivity index (χ0) is 46.3. The van der Waals surface area contributed by atoms with Crippen molar-refractivity contribution in [1.29, 1.82) is 0 Å². The molecule has 0 saturated carbocycles. The first kappa shape index (κ1) is 50.8. The number of unbranched alkanes of at least 4 members (excludes halogenated alkanes) is 3. The Labute approximate surface area is 368 Å². The van der Waals surface area contributed by atoms with Gasteiger partial charge in [0.15, 0.2) is 5.76 Å². The minimum absolute atomic E-state index is 0.0458. The standard InChI is InChI=1S/C44H58BN4O14/c1-8-12-14-15-30(34(10-3)49(27-50)63-43(55)32-19-17-29(57-6)24-37(32)58-7)40(52)46-26-47-42(54)36-21-20-35(61-36)28-16-18-31(38(23-28)59-11-4)41(53)48-33(44(56)62-45-5)25-39(51)60-22-13-9-2/h16-21,23-24,27,30,33-34H,8-15,22,25-26H2,1-7H3,(H,46,52)(H,47,54)(H,48,53)/t30-,33+,34-/m1/s1. The van der Waals surface area contributed by atoms with E-state index in [1.165, 1.54) is 51.4 Å². The number of methoxy groups -OCH3 is 2. The molecule has 19 heteroatoms. The van der Waals surface area contributed by atoms with E-state index in [0.29, 0.717) is 37.0 Å². The van der Waals surface area contributed by atoms with Crippen molar-refractivity contribution in [3.05, 3.63) is 65.4 Å². The summed E-state index contributed by atoms with van der Waals surface area (Å²) in [6.07, 6.45) is 4.33. The molecule has 0 aliphatic heterocycles. The molecule has 0 fully saturated rings. The minimum Gasteiger partial charge on any atom is -0.538 e. The lowest BCUT2D eigenvalue weighted by Crippen LogP contribution is -2.49. The van der Waals surface area contributed by atoms with Gasteiger partial charge in [-0.05, 0) is 62.6 Å². The van der Waals surface area contributed by atoms with Crippen LogP contribution in [0, 0.1) is 5.92 Å². The fourth-order valence-electron chi connectivity index (χ4n) is 6.40. The first-order valence-corrected chi connectivity index (χ1v) is 20.9. The van der Waals surface area contributed by atoms with Crippen LogP contribution in [0.1, 0.15) is 110 Å². The molecule has 0 unspecified atom stereocenters. The van der Waals surface area contributed by atoms with Crippen LogP contribution >= 0.6 is 0 Å². The van der Waals surface area contributed by atoms with Gasteiger partial charge in [-0.15, -0.1) is 0 Å². The van der Waals surface area contributed by atoms with Crippen LogP contribution in [0.3, 0.4) is 0 Å². The van der Waals surface area contributed by atoms with Crippen molar-refractivity contribution in [2.75, 3.05) is 34.1 Å². The Morgan fingerprint density at radius 1 is 0.841 bits per heavy atom. The molecule has 0 aliphatic carbocycles. The van der Waals surface area contributed by atoms with Crippen LogP contribution in [-0.2, 0) is 33.4 Å². The molecular weight excluding hydrogens is 819 g/mol. The van der Waals surface area contributed by atoms with Crippen molar-refractivity contribution in [2.24, 2.45) is 5.92 Å². The molecule has 4 amide bonds. The van der Waals surface area contributed by atoms with Gasteiger partial charge in [0.1, 0.15) is 34.6 Å². The lowest BCUT2D eigenvalue weighted by molar-refractivity contribution is -0.171. The Morgan fingerprint density at radius 2 is 1.59 bits per heavy atom. The third-order valence-electron chi connectivity index (χ3n) is 9.69. The highest BCUT2D eigenvalue weighted by Crippen LogP contribution is 2.30. The van der Waals surface area contributed by atoms with E-state index in [1.54, 1.807) is 32.0 Å². The number of hydrogen-bond acceptors (Lipinski definition) is 14. The molecule has 0 spiro atoms. The molecule has 1 radical (unpaired) electrons. The predicted molar refractivity (Wildman–Crippen MR) is 230 cm³/mol. The van der Waals surface area contributed by atoms with E-state index in [9.17, 15) is 33.6 Å². The lowest BCUT2D eigenvalue weighted by Gasteiger charge is -2.32. The number of carbonyl (C=O) groups excluding carboxylic acids is 7. The first-order valence-electron chi connectivity index (χ1n) is 20.9. The Morgan fingerprint density at radius 3 is 2.24 bits per heavy atom. The van der Waals surface area contributed by atoms with Gasteiger partial charge in [-0.1, -0.05) is 59.3 Å². The van der Waals surface area contributed by atoms with Crippen LogP contribution in [0.5, 0.6) is 17.2 Å². The Hall–Kier alpha value is -6.53. The summed E-state index contributed by atoms with van der Waals surface area (Å²) in [5.41, 5.74) is 0.554. The van der Waals surface area contributed by atoms with Crippen molar-refractivity contribution in [3.63, 3.8) is 0 Å². The second-order valence-corrected chi connectivity index (χ2v) is 14.0. The van der Waals surface area contributed by atoms with Gasteiger partial charge in [-0.2, -0.15) is 5.06 Å². The molecule has 3 rings (SSSR count). The number of esters is 1. The maximum absolute atomic E-state index is 13.7. The van der Waals surface area contributed by atoms with Gasteiger partial charge in [0.05, 0.1) is 58.0 Å². The number of furan rings is 1. The molecule has 3 aromatic rings. The van der Waals surface area contributed by atoms with Gasteiger partial charge in [-0.3, -0.25) is 28.8 Å². The second-order valence-electron chi connectivity index (χ2n) is 14.0. The van der Waals surface area contributed by atoms with Gasteiger partial charge in [-0.25, -0.2) is 4.79 Å². The average molecular weight is 878 g/mol. The number of hydrogen-bond donors (Lipinski definition) is 3. The SMILES string of the molecule is C[B]OC(=O)[C@H](CC(=O)OCCCC)NC(=O)c1ccc(-c2ccc(C(=O)NCNC(=O)[C@H](CCCCC)[C@@H](CC)N(C=O)OC(=O)c3ccc(OC)cc3OC)o2)cc1OCC.